The van der Waals surface area contributed by atoms with Gasteiger partial charge in [0.25, 0.3) is 5.91 Å². The molecule has 0 aliphatic heterocycles. The average Bonchev–Trinajstić information content (AvgIpc) is 3.73. The quantitative estimate of drug-likeness (QED) is 0.202. The van der Waals surface area contributed by atoms with Crippen LogP contribution in [0.1, 0.15) is 17.2 Å². The van der Waals surface area contributed by atoms with Crippen LogP contribution in [-0.4, -0.2) is 55.4 Å². The molecular weight excluding hydrogens is 594 g/mol. The second-order valence-electron chi connectivity index (χ2n) is 8.74. The number of anilines is 2. The highest BCUT2D eigenvalue weighted by atomic mass is 35.5. The number of hydrogen-bond donors (Lipinski definition) is 3. The summed E-state index contributed by atoms with van der Waals surface area (Å²) in [5.41, 5.74) is 3.04. The maximum Gasteiger partial charge on any atom is 0.413 e. The van der Waals surface area contributed by atoms with E-state index in [2.05, 4.69) is 46.4 Å². The van der Waals surface area contributed by atoms with E-state index in [1.165, 1.54) is 35.5 Å². The zero-order valence-electron chi connectivity index (χ0n) is 22.3. The third kappa shape index (κ3) is 7.44. The molecule has 3 aromatic carbocycles. The third-order valence-electron chi connectivity index (χ3n) is 5.90. The van der Waals surface area contributed by atoms with Crippen molar-refractivity contribution in [2.45, 2.75) is 6.04 Å². The highest BCUT2D eigenvalue weighted by Crippen LogP contribution is 2.28. The molecule has 1 atom stereocenters. The van der Waals surface area contributed by atoms with Crippen LogP contribution in [0.5, 0.6) is 0 Å². The Hall–Kier alpha value is -5.47. The second-order valence-corrected chi connectivity index (χ2v) is 10.2. The van der Waals surface area contributed by atoms with Crippen LogP contribution in [0, 0.1) is 0 Å². The summed E-state index contributed by atoms with van der Waals surface area (Å²) < 4.78 is 6.01. The van der Waals surface area contributed by atoms with Crippen molar-refractivity contribution in [2.24, 2.45) is 0 Å². The minimum absolute atomic E-state index is 0.289. The number of amides is 3. The molecule has 1 unspecified atom stereocenters. The van der Waals surface area contributed by atoms with E-state index in [1.807, 2.05) is 6.07 Å². The molecule has 0 saturated carbocycles. The first-order chi connectivity index (χ1) is 20.9. The predicted molar refractivity (Wildman–Crippen MR) is 161 cm³/mol. The fourth-order valence-corrected chi connectivity index (χ4v) is 4.80. The normalized spacial score (nSPS) is 11.6. The molecule has 0 spiro atoms. The van der Waals surface area contributed by atoms with Gasteiger partial charge in [-0.2, -0.15) is 4.68 Å². The van der Waals surface area contributed by atoms with Gasteiger partial charge < -0.3 is 15.4 Å². The zero-order valence-corrected chi connectivity index (χ0v) is 23.9. The van der Waals surface area contributed by atoms with Crippen molar-refractivity contribution < 1.29 is 19.1 Å². The molecule has 2 heterocycles. The fourth-order valence-electron chi connectivity index (χ4n) is 3.88. The number of nitrogens with one attached hydrogen (secondary N) is 3. The first kappa shape index (κ1) is 29.0. The Balaban J connectivity index is 1.30. The van der Waals surface area contributed by atoms with Gasteiger partial charge in [0.2, 0.25) is 11.0 Å². The number of hydrogen-bond acceptors (Lipinski definition) is 10. The Labute approximate surface area is 253 Å². The van der Waals surface area contributed by atoms with E-state index in [4.69, 9.17) is 11.6 Å². The number of carbonyl (C=O) groups excluding carboxylic acids is 3. The number of halogens is 1. The fraction of sp³-hybridized carbons (Fsp3) is 0.0714. The molecule has 3 N–H and O–H groups in total. The molecule has 13 nitrogen and oxygen atoms in total. The smallest absolute Gasteiger partial charge is 0.413 e. The highest BCUT2D eigenvalue weighted by Gasteiger charge is 2.22. The summed E-state index contributed by atoms with van der Waals surface area (Å²) >= 11 is 7.34. The predicted octanol–water partition coefficient (Wildman–Crippen LogP) is 4.52. The molecule has 0 radical (unpaired) electrons. The summed E-state index contributed by atoms with van der Waals surface area (Å²) in [6, 6.07) is 19.9. The molecule has 5 aromatic rings. The summed E-state index contributed by atoms with van der Waals surface area (Å²) in [7, 11) is 1.25. The van der Waals surface area contributed by atoms with Crippen LogP contribution in [0.15, 0.2) is 85.2 Å². The van der Waals surface area contributed by atoms with Crippen LogP contribution < -0.4 is 16.0 Å². The van der Waals surface area contributed by atoms with Crippen molar-refractivity contribution in [1.29, 1.82) is 0 Å². The van der Waals surface area contributed by atoms with E-state index in [0.29, 0.717) is 32.5 Å². The summed E-state index contributed by atoms with van der Waals surface area (Å²) in [6.45, 7) is 0. The molecule has 0 bridgehead atoms. The lowest BCUT2D eigenvalue weighted by molar-refractivity contribution is -0.123. The Kier molecular flexibility index (Phi) is 9.09. The van der Waals surface area contributed by atoms with Crippen molar-refractivity contribution in [3.63, 3.8) is 0 Å². The number of carbonyl (C=O) groups is 3. The number of rotatable bonds is 9. The molecule has 0 saturated heterocycles. The first-order valence-electron chi connectivity index (χ1n) is 12.6. The van der Waals surface area contributed by atoms with E-state index in [0.717, 1.165) is 5.56 Å². The van der Waals surface area contributed by atoms with Gasteiger partial charge in [-0.3, -0.25) is 14.9 Å². The number of nitrogens with zero attached hydrogens (tertiary/aromatic N) is 6. The highest BCUT2D eigenvalue weighted by molar-refractivity contribution is 7.18. The van der Waals surface area contributed by atoms with Crippen molar-refractivity contribution in [3.05, 3.63) is 101 Å². The maximum absolute atomic E-state index is 13.4. The van der Waals surface area contributed by atoms with Crippen molar-refractivity contribution >= 4 is 57.7 Å². The van der Waals surface area contributed by atoms with Gasteiger partial charge in [-0.15, -0.1) is 15.3 Å². The molecular formula is C28H22ClN9O4S. The van der Waals surface area contributed by atoms with Crippen LogP contribution in [-0.2, 0) is 14.3 Å². The van der Waals surface area contributed by atoms with Crippen LogP contribution in [0.2, 0.25) is 5.02 Å². The van der Waals surface area contributed by atoms with Crippen molar-refractivity contribution in [2.75, 3.05) is 17.7 Å². The molecule has 3 amide bonds. The molecule has 216 valence electrons. The molecule has 5 rings (SSSR count). The number of aromatic nitrogens is 6. The Morgan fingerprint density at radius 3 is 2.51 bits per heavy atom. The largest absolute Gasteiger partial charge is 0.453 e. The second kappa shape index (κ2) is 13.5. The first-order valence-corrected chi connectivity index (χ1v) is 13.8. The number of methoxy groups -OCH3 is 1. The van der Waals surface area contributed by atoms with E-state index in [1.54, 1.807) is 72.8 Å². The van der Waals surface area contributed by atoms with Gasteiger partial charge in [0, 0.05) is 27.9 Å². The van der Waals surface area contributed by atoms with E-state index < -0.39 is 23.9 Å². The average molecular weight is 616 g/mol. The lowest BCUT2D eigenvalue weighted by Gasteiger charge is -2.18. The summed E-state index contributed by atoms with van der Waals surface area (Å²) in [5, 5.41) is 28.6. The van der Waals surface area contributed by atoms with Gasteiger partial charge in [0.15, 0.2) is 0 Å². The number of benzene rings is 3. The Morgan fingerprint density at radius 1 is 1.00 bits per heavy atom. The molecule has 15 heteroatoms. The minimum Gasteiger partial charge on any atom is -0.453 e. The van der Waals surface area contributed by atoms with Crippen molar-refractivity contribution in [1.82, 2.24) is 35.7 Å². The lowest BCUT2D eigenvalue weighted by atomic mass is 10.1. The standard InChI is InChI=1S/C28H22ClN9O4S/c1-42-28(41)33-27-35-34-26(43-27)18-7-11-21(12-8-18)31-25(40)24(17-5-3-2-4-6-17)32-23(39)14-9-19-15-20(29)10-13-22(19)38-16-30-36-37-38/h2-16,24H,1H3,(H,31,40)(H,32,39)(H,33,35,41)/b14-9+. The summed E-state index contributed by atoms with van der Waals surface area (Å²) in [5.74, 6) is -0.951. The van der Waals surface area contributed by atoms with Crippen LogP contribution >= 0.6 is 22.9 Å². The number of ether oxygens (including phenoxy) is 1. The van der Waals surface area contributed by atoms with Crippen molar-refractivity contribution in [3.8, 4) is 16.3 Å². The third-order valence-corrected chi connectivity index (χ3v) is 7.02. The number of tetrazole rings is 1. The van der Waals surface area contributed by atoms with Gasteiger partial charge in [-0.1, -0.05) is 53.3 Å². The van der Waals surface area contributed by atoms with Crippen LogP contribution in [0.4, 0.5) is 15.6 Å². The monoisotopic (exact) mass is 615 g/mol. The van der Waals surface area contributed by atoms with E-state index >= 15 is 0 Å². The van der Waals surface area contributed by atoms with Crippen LogP contribution in [0.3, 0.4) is 0 Å². The van der Waals surface area contributed by atoms with Gasteiger partial charge in [-0.25, -0.2) is 4.79 Å². The van der Waals surface area contributed by atoms with Gasteiger partial charge in [0.1, 0.15) is 17.4 Å². The SMILES string of the molecule is COC(=O)Nc1nnc(-c2ccc(NC(=O)C(NC(=O)/C=C/c3cc(Cl)ccc3-n3cnnn3)c3ccccc3)cc2)s1. The lowest BCUT2D eigenvalue weighted by Crippen LogP contribution is -2.36. The Bertz CT molecular complexity index is 1760. The van der Waals surface area contributed by atoms with Crippen LogP contribution in [0.25, 0.3) is 22.3 Å². The maximum atomic E-state index is 13.4. The van der Waals surface area contributed by atoms with Gasteiger partial charge in [-0.05, 0) is 64.5 Å². The van der Waals surface area contributed by atoms with Gasteiger partial charge >= 0.3 is 6.09 Å². The van der Waals surface area contributed by atoms with E-state index in [-0.39, 0.29) is 5.13 Å². The van der Waals surface area contributed by atoms with E-state index in [9.17, 15) is 14.4 Å². The summed E-state index contributed by atoms with van der Waals surface area (Å²) in [6.07, 6.45) is 3.66. The molecule has 0 fully saturated rings. The molecule has 0 aliphatic carbocycles. The Morgan fingerprint density at radius 2 is 1.79 bits per heavy atom. The molecule has 2 aromatic heterocycles. The summed E-state index contributed by atoms with van der Waals surface area (Å²) in [4.78, 5) is 37.8. The molecule has 0 aliphatic rings. The zero-order chi connectivity index (χ0) is 30.2. The molecule has 43 heavy (non-hydrogen) atoms. The topological polar surface area (TPSA) is 166 Å². The minimum atomic E-state index is -0.994. The van der Waals surface area contributed by atoms with Gasteiger partial charge in [0.05, 0.1) is 12.8 Å².